The number of carboxylic acids is 1. The molecule has 0 amide bonds. The Morgan fingerprint density at radius 2 is 1.07 bits per heavy atom. The first-order chi connectivity index (χ1) is 18.7. The average molecular weight is 635 g/mol. The van der Waals surface area contributed by atoms with Gasteiger partial charge >= 0.3 is 5.97 Å². The molecule has 8 N–H and O–H groups in total. The minimum absolute atomic E-state index is 0.353. The van der Waals surface area contributed by atoms with Crippen LogP contribution >= 0.6 is 0 Å². The smallest absolute Gasteiger partial charge is 0.335 e. The van der Waals surface area contributed by atoms with Crippen LogP contribution in [0.4, 0.5) is 0 Å². The molecule has 0 radical (unpaired) electrons. The van der Waals surface area contributed by atoms with Gasteiger partial charge in [-0.3, -0.25) is 13.7 Å². The molecular weight excluding hydrogens is 616 g/mol. The van der Waals surface area contributed by atoms with Gasteiger partial charge in [0.1, 0.15) is 33.0 Å². The normalized spacial score (nSPS) is 26.2. The van der Waals surface area contributed by atoms with E-state index in [2.05, 4.69) is 0 Å². The molecule has 0 saturated carbocycles. The number of aliphatic hydroxyl groups excluding tert-OH is 3. The molecule has 0 aliphatic carbocycles. The monoisotopic (exact) mass is 634 g/mol. The van der Waals surface area contributed by atoms with Crippen LogP contribution in [0.5, 0.6) is 0 Å². The molecule has 1 aliphatic rings. The Labute approximate surface area is 229 Å². The highest BCUT2D eigenvalue weighted by atomic mass is 32.2. The summed E-state index contributed by atoms with van der Waals surface area (Å²) in [4.78, 5) is 8.57. The van der Waals surface area contributed by atoms with Gasteiger partial charge < -0.3 is 30.3 Å². The van der Waals surface area contributed by atoms with Crippen LogP contribution in [0.2, 0.25) is 0 Å². The third-order valence-electron chi connectivity index (χ3n) is 6.94. The van der Waals surface area contributed by atoms with E-state index in [4.69, 9.17) is 4.74 Å². The molecule has 1 saturated heterocycles. The van der Waals surface area contributed by atoms with Crippen molar-refractivity contribution >= 4 is 68.6 Å². The molecule has 220 valence electrons. The largest absolute Gasteiger partial charge is 0.479 e. The summed E-state index contributed by atoms with van der Waals surface area (Å²) in [6.07, 6.45) is -9.61. The minimum atomic E-state index is -5.28. The van der Waals surface area contributed by atoms with Crippen LogP contribution in [-0.2, 0) is 45.7 Å². The second-order valence-electron chi connectivity index (χ2n) is 9.29. The molecule has 19 heteroatoms. The average Bonchev–Trinajstić information content (AvgIpc) is 2.85. The highest BCUT2D eigenvalue weighted by Gasteiger charge is 2.56. The summed E-state index contributed by atoms with van der Waals surface area (Å²) in [6.45, 7) is 0. The topological polar surface area (TPSA) is 291 Å². The van der Waals surface area contributed by atoms with E-state index in [1.807, 2.05) is 0 Å². The Balaban J connectivity index is 2.06. The van der Waals surface area contributed by atoms with E-state index in [0.29, 0.717) is 12.1 Å². The molecule has 0 bridgehead atoms. The maximum atomic E-state index is 12.5. The van der Waals surface area contributed by atoms with Crippen molar-refractivity contribution in [2.45, 2.75) is 44.9 Å². The van der Waals surface area contributed by atoms with Gasteiger partial charge in [-0.1, -0.05) is 24.3 Å². The van der Waals surface area contributed by atoms with Gasteiger partial charge in [0, 0.05) is 27.1 Å². The summed E-state index contributed by atoms with van der Waals surface area (Å²) < 4.78 is 108. The fourth-order valence-corrected chi connectivity index (χ4v) is 7.40. The SMILES string of the molecule is O=C(O)[C@H]1OC(O)(c2cc(S(=O)(=O)O)c3ccc4c(S(=O)(=O)O)cc(S(=O)(=O)O)c5ccc2c3c54)[C@H](O)[C@@H](O)[C@@H]1O. The number of aliphatic carboxylic acids is 1. The first-order valence-electron chi connectivity index (χ1n) is 11.1. The zero-order valence-electron chi connectivity index (χ0n) is 19.8. The van der Waals surface area contributed by atoms with E-state index in [-0.39, 0.29) is 5.39 Å². The van der Waals surface area contributed by atoms with Crippen molar-refractivity contribution in [1.82, 2.24) is 0 Å². The Bertz CT molecular complexity index is 2050. The number of rotatable bonds is 5. The number of carbonyl (C=O) groups is 1. The summed E-state index contributed by atoms with van der Waals surface area (Å²) in [5.74, 6) is -5.23. The first kappa shape index (κ1) is 29.4. The predicted molar refractivity (Wildman–Crippen MR) is 134 cm³/mol. The number of hydrogen-bond acceptors (Lipinski definition) is 12. The zero-order chi connectivity index (χ0) is 30.6. The van der Waals surface area contributed by atoms with Gasteiger partial charge in [0.2, 0.25) is 5.79 Å². The molecule has 1 unspecified atom stereocenters. The van der Waals surface area contributed by atoms with Crippen LogP contribution in [0, 0.1) is 0 Å². The fraction of sp³-hybridized carbons (Fsp3) is 0.227. The number of ether oxygens (including phenoxy) is 1. The third kappa shape index (κ3) is 4.33. The number of benzene rings is 4. The molecule has 0 aromatic heterocycles. The fourth-order valence-electron chi connectivity index (χ4n) is 5.18. The number of carboxylic acid groups (broad SMARTS) is 1. The first-order valence-corrected chi connectivity index (χ1v) is 15.4. The standard InChI is InChI=1S/C22H18O16S3/c23-17-18(24)20(25)22(28,38-19(17)21(26)27)11-5-12(39(29,30)31)8-3-4-10-14(41(35,36)37)6-13(40(32,33)34)9-2-1-7(11)15(8)16(9)10/h1-6,17-20,23-25,28H,(H,26,27)(H,29,30,31)(H,32,33,34)(H,35,36,37)/t17-,18-,19-,20+,22?/m0/s1. The lowest BCUT2D eigenvalue weighted by atomic mass is 9.83. The van der Waals surface area contributed by atoms with Gasteiger partial charge in [0.05, 0.1) is 0 Å². The molecular formula is C22H18O16S3. The lowest BCUT2D eigenvalue weighted by molar-refractivity contribution is -0.349. The van der Waals surface area contributed by atoms with Crippen molar-refractivity contribution < 1.29 is 74.0 Å². The molecule has 1 aliphatic heterocycles. The third-order valence-corrected chi connectivity index (χ3v) is 9.62. The maximum Gasteiger partial charge on any atom is 0.335 e. The van der Waals surface area contributed by atoms with Crippen molar-refractivity contribution in [3.8, 4) is 0 Å². The molecule has 41 heavy (non-hydrogen) atoms. The Hall–Kier alpha value is -3.08. The number of aliphatic hydroxyl groups is 4. The van der Waals surface area contributed by atoms with E-state index in [9.17, 15) is 69.2 Å². The van der Waals surface area contributed by atoms with Crippen LogP contribution in [-0.4, -0.2) is 94.8 Å². The van der Waals surface area contributed by atoms with E-state index in [1.54, 1.807) is 0 Å². The van der Waals surface area contributed by atoms with Crippen LogP contribution in [0.1, 0.15) is 5.56 Å². The lowest BCUT2D eigenvalue weighted by Gasteiger charge is -2.45. The van der Waals surface area contributed by atoms with Crippen LogP contribution in [0.25, 0.3) is 32.3 Å². The summed E-state index contributed by atoms with van der Waals surface area (Å²) in [5.41, 5.74) is -0.817. The molecule has 5 atom stereocenters. The van der Waals surface area contributed by atoms with E-state index in [1.165, 1.54) is 0 Å². The van der Waals surface area contributed by atoms with Crippen LogP contribution in [0.3, 0.4) is 0 Å². The van der Waals surface area contributed by atoms with Gasteiger partial charge in [0.15, 0.2) is 6.10 Å². The van der Waals surface area contributed by atoms with Gasteiger partial charge in [-0.15, -0.1) is 0 Å². The van der Waals surface area contributed by atoms with Gasteiger partial charge in [-0.05, 0) is 22.9 Å². The molecule has 4 aromatic carbocycles. The summed E-state index contributed by atoms with van der Waals surface area (Å²) in [6, 6.07) is 4.95. The zero-order valence-corrected chi connectivity index (χ0v) is 22.3. The highest BCUT2D eigenvalue weighted by Crippen LogP contribution is 2.47. The van der Waals surface area contributed by atoms with Crippen molar-refractivity contribution in [1.29, 1.82) is 0 Å². The maximum absolute atomic E-state index is 12.5. The van der Waals surface area contributed by atoms with Gasteiger partial charge in [-0.2, -0.15) is 25.3 Å². The van der Waals surface area contributed by atoms with Crippen molar-refractivity contribution in [3.63, 3.8) is 0 Å². The Morgan fingerprint density at radius 3 is 1.49 bits per heavy atom. The highest BCUT2D eigenvalue weighted by molar-refractivity contribution is 7.87. The second kappa shape index (κ2) is 8.96. The lowest BCUT2D eigenvalue weighted by Crippen LogP contribution is -2.64. The summed E-state index contributed by atoms with van der Waals surface area (Å²) in [7, 11) is -15.7. The molecule has 1 heterocycles. The Kier molecular flexibility index (Phi) is 6.43. The molecule has 4 aromatic rings. The van der Waals surface area contributed by atoms with Gasteiger partial charge in [0.25, 0.3) is 30.4 Å². The predicted octanol–water partition coefficient (Wildman–Crippen LogP) is -0.965. The molecule has 16 nitrogen and oxygen atoms in total. The summed E-state index contributed by atoms with van der Waals surface area (Å²) in [5, 5.41) is 49.5. The number of hydrogen-bond donors (Lipinski definition) is 8. The second-order valence-corrected chi connectivity index (χ2v) is 13.5. The van der Waals surface area contributed by atoms with E-state index >= 15 is 0 Å². The van der Waals surface area contributed by atoms with Crippen molar-refractivity contribution in [3.05, 3.63) is 42.0 Å². The van der Waals surface area contributed by atoms with Gasteiger partial charge in [-0.25, -0.2) is 4.79 Å². The molecule has 0 spiro atoms. The summed E-state index contributed by atoms with van der Waals surface area (Å²) >= 11 is 0. The van der Waals surface area contributed by atoms with Crippen LogP contribution in [0.15, 0.2) is 51.1 Å². The van der Waals surface area contributed by atoms with Crippen LogP contribution < -0.4 is 0 Å². The van der Waals surface area contributed by atoms with E-state index < -0.39 is 114 Å². The molecule has 1 fully saturated rings. The van der Waals surface area contributed by atoms with Crippen molar-refractivity contribution in [2.24, 2.45) is 0 Å². The van der Waals surface area contributed by atoms with Crippen molar-refractivity contribution in [2.75, 3.05) is 0 Å². The Morgan fingerprint density at radius 1 is 0.683 bits per heavy atom. The van der Waals surface area contributed by atoms with E-state index in [0.717, 1.165) is 24.3 Å². The molecule has 5 rings (SSSR count). The minimum Gasteiger partial charge on any atom is -0.479 e. The quantitative estimate of drug-likeness (QED) is 0.0968.